The number of hydrogen-bond acceptors (Lipinski definition) is 3. The van der Waals surface area contributed by atoms with Gasteiger partial charge >= 0.3 is 0 Å². The summed E-state index contributed by atoms with van der Waals surface area (Å²) in [6, 6.07) is 5.40. The molecule has 0 amide bonds. The zero-order valence-electron chi connectivity index (χ0n) is 9.23. The highest BCUT2D eigenvalue weighted by Crippen LogP contribution is 2.41. The van der Waals surface area contributed by atoms with Gasteiger partial charge in [0.25, 0.3) is 0 Å². The Morgan fingerprint density at radius 2 is 2.19 bits per heavy atom. The van der Waals surface area contributed by atoms with Gasteiger partial charge in [0.1, 0.15) is 17.6 Å². The molecule has 1 aromatic carbocycles. The summed E-state index contributed by atoms with van der Waals surface area (Å²) < 4.78 is 11.0. The molecule has 0 radical (unpaired) electrons. The third kappa shape index (κ3) is 1.56. The van der Waals surface area contributed by atoms with Crippen molar-refractivity contribution in [1.82, 2.24) is 0 Å². The lowest BCUT2D eigenvalue weighted by molar-refractivity contribution is 0.0818. The lowest BCUT2D eigenvalue weighted by Gasteiger charge is -2.25. The summed E-state index contributed by atoms with van der Waals surface area (Å²) in [5.41, 5.74) is 0.692. The third-order valence-corrected chi connectivity index (χ3v) is 3.30. The van der Waals surface area contributed by atoms with Crippen molar-refractivity contribution < 1.29 is 14.3 Å². The molecular formula is C13H14O3. The van der Waals surface area contributed by atoms with Crippen LogP contribution >= 0.6 is 0 Å². The Balaban J connectivity index is 1.94. The van der Waals surface area contributed by atoms with Crippen molar-refractivity contribution in [2.24, 2.45) is 5.92 Å². The number of fused-ring (bicyclic) bond motifs is 1. The Morgan fingerprint density at radius 1 is 1.38 bits per heavy atom. The second-order valence-corrected chi connectivity index (χ2v) is 4.48. The van der Waals surface area contributed by atoms with Crippen LogP contribution in [0.15, 0.2) is 18.2 Å². The molecule has 1 fully saturated rings. The molecule has 0 aromatic heterocycles. The summed E-state index contributed by atoms with van der Waals surface area (Å²) in [5.74, 6) is 2.21. The molecule has 84 valence electrons. The molecule has 3 heteroatoms. The molecule has 0 spiro atoms. The average Bonchev–Trinajstić information content (AvgIpc) is 3.12. The largest absolute Gasteiger partial charge is 0.497 e. The highest BCUT2D eigenvalue weighted by atomic mass is 16.5. The Morgan fingerprint density at radius 3 is 2.88 bits per heavy atom. The fourth-order valence-corrected chi connectivity index (χ4v) is 2.19. The number of Topliss-reactive ketones (excluding diaryl/α,β-unsaturated/α-hetero) is 1. The molecule has 1 atom stereocenters. The number of benzene rings is 1. The van der Waals surface area contributed by atoms with Crippen molar-refractivity contribution in [3.63, 3.8) is 0 Å². The summed E-state index contributed by atoms with van der Waals surface area (Å²) in [5, 5.41) is 0. The molecule has 1 aliphatic carbocycles. The van der Waals surface area contributed by atoms with E-state index >= 15 is 0 Å². The number of ketones is 1. The van der Waals surface area contributed by atoms with Crippen molar-refractivity contribution in [2.45, 2.75) is 25.4 Å². The van der Waals surface area contributed by atoms with Crippen LogP contribution in [0.3, 0.4) is 0 Å². The van der Waals surface area contributed by atoms with Gasteiger partial charge in [0, 0.05) is 12.5 Å². The Bertz CT molecular complexity index is 435. The van der Waals surface area contributed by atoms with E-state index in [0.717, 1.165) is 5.75 Å². The maximum absolute atomic E-state index is 11.9. The van der Waals surface area contributed by atoms with Crippen LogP contribution in [0.5, 0.6) is 11.5 Å². The van der Waals surface area contributed by atoms with Gasteiger partial charge in [-0.3, -0.25) is 4.79 Å². The van der Waals surface area contributed by atoms with E-state index in [0.29, 0.717) is 23.7 Å². The van der Waals surface area contributed by atoms with Crippen LogP contribution in [0, 0.1) is 5.92 Å². The van der Waals surface area contributed by atoms with E-state index in [-0.39, 0.29) is 11.9 Å². The van der Waals surface area contributed by atoms with E-state index in [1.165, 1.54) is 12.8 Å². The van der Waals surface area contributed by atoms with Crippen LogP contribution < -0.4 is 9.47 Å². The van der Waals surface area contributed by atoms with Gasteiger partial charge in [0.2, 0.25) is 0 Å². The molecule has 1 heterocycles. The molecule has 1 aromatic rings. The molecular weight excluding hydrogens is 204 g/mol. The van der Waals surface area contributed by atoms with Crippen molar-refractivity contribution in [3.8, 4) is 11.5 Å². The minimum absolute atomic E-state index is 0.0899. The van der Waals surface area contributed by atoms with Gasteiger partial charge in [-0.25, -0.2) is 0 Å². The van der Waals surface area contributed by atoms with Crippen LogP contribution in [-0.4, -0.2) is 19.0 Å². The second kappa shape index (κ2) is 3.51. The monoisotopic (exact) mass is 218 g/mol. The van der Waals surface area contributed by atoms with E-state index < -0.39 is 0 Å². The normalized spacial score (nSPS) is 23.6. The van der Waals surface area contributed by atoms with E-state index in [9.17, 15) is 4.79 Å². The standard InChI is InChI=1S/C13H14O3/c1-15-9-4-5-10-11(14)7-12(8-2-3-8)16-13(10)6-9/h4-6,8,12H,2-3,7H2,1H3. The maximum atomic E-state index is 11.9. The first-order valence-corrected chi connectivity index (χ1v) is 5.66. The van der Waals surface area contributed by atoms with Crippen LogP contribution in [0.25, 0.3) is 0 Å². The van der Waals surface area contributed by atoms with Gasteiger partial charge in [-0.15, -0.1) is 0 Å². The van der Waals surface area contributed by atoms with Gasteiger partial charge in [0.15, 0.2) is 5.78 Å². The summed E-state index contributed by atoms with van der Waals surface area (Å²) in [7, 11) is 1.62. The van der Waals surface area contributed by atoms with Gasteiger partial charge in [-0.2, -0.15) is 0 Å². The summed E-state index contributed by atoms with van der Waals surface area (Å²) in [6.07, 6.45) is 3.01. The molecule has 3 rings (SSSR count). The van der Waals surface area contributed by atoms with Gasteiger partial charge in [-0.1, -0.05) is 0 Å². The van der Waals surface area contributed by atoms with Crippen LogP contribution in [0.1, 0.15) is 29.6 Å². The zero-order valence-corrected chi connectivity index (χ0v) is 9.23. The molecule has 0 saturated heterocycles. The number of hydrogen-bond donors (Lipinski definition) is 0. The molecule has 1 aliphatic heterocycles. The van der Waals surface area contributed by atoms with Gasteiger partial charge in [-0.05, 0) is 30.9 Å². The summed E-state index contributed by atoms with van der Waals surface area (Å²) in [6.45, 7) is 0. The van der Waals surface area contributed by atoms with Crippen molar-refractivity contribution in [3.05, 3.63) is 23.8 Å². The summed E-state index contributed by atoms with van der Waals surface area (Å²) >= 11 is 0. The van der Waals surface area contributed by atoms with Crippen molar-refractivity contribution in [1.29, 1.82) is 0 Å². The highest BCUT2D eigenvalue weighted by molar-refractivity contribution is 6.00. The van der Waals surface area contributed by atoms with Gasteiger partial charge in [0.05, 0.1) is 12.7 Å². The van der Waals surface area contributed by atoms with Crippen LogP contribution in [-0.2, 0) is 0 Å². The Labute approximate surface area is 94.4 Å². The van der Waals surface area contributed by atoms with E-state index in [1.807, 2.05) is 6.07 Å². The third-order valence-electron chi connectivity index (χ3n) is 3.30. The molecule has 0 bridgehead atoms. The Kier molecular flexibility index (Phi) is 2.13. The lowest BCUT2D eigenvalue weighted by atomic mass is 9.98. The van der Waals surface area contributed by atoms with E-state index in [2.05, 4.69) is 0 Å². The predicted molar refractivity (Wildman–Crippen MR) is 59.1 cm³/mol. The van der Waals surface area contributed by atoms with Crippen LogP contribution in [0.2, 0.25) is 0 Å². The molecule has 0 N–H and O–H groups in total. The molecule has 1 saturated carbocycles. The van der Waals surface area contributed by atoms with Crippen molar-refractivity contribution in [2.75, 3.05) is 7.11 Å². The average molecular weight is 218 g/mol. The first kappa shape index (κ1) is 9.70. The van der Waals surface area contributed by atoms with Gasteiger partial charge < -0.3 is 9.47 Å². The molecule has 3 nitrogen and oxygen atoms in total. The number of carbonyl (C=O) groups excluding carboxylic acids is 1. The minimum Gasteiger partial charge on any atom is -0.497 e. The number of carbonyl (C=O) groups is 1. The maximum Gasteiger partial charge on any atom is 0.170 e. The van der Waals surface area contributed by atoms with E-state index in [4.69, 9.17) is 9.47 Å². The van der Waals surface area contributed by atoms with E-state index in [1.54, 1.807) is 19.2 Å². The topological polar surface area (TPSA) is 35.5 Å². The quantitative estimate of drug-likeness (QED) is 0.764. The first-order chi connectivity index (χ1) is 7.78. The smallest absolute Gasteiger partial charge is 0.170 e. The highest BCUT2D eigenvalue weighted by Gasteiger charge is 2.38. The molecule has 16 heavy (non-hydrogen) atoms. The van der Waals surface area contributed by atoms with Crippen molar-refractivity contribution >= 4 is 5.78 Å². The number of methoxy groups -OCH3 is 1. The zero-order chi connectivity index (χ0) is 11.1. The first-order valence-electron chi connectivity index (χ1n) is 5.66. The number of ether oxygens (including phenoxy) is 2. The molecule has 2 aliphatic rings. The fraction of sp³-hybridized carbons (Fsp3) is 0.462. The number of rotatable bonds is 2. The van der Waals surface area contributed by atoms with Crippen LogP contribution in [0.4, 0.5) is 0 Å². The predicted octanol–water partition coefficient (Wildman–Crippen LogP) is 2.44. The lowest BCUT2D eigenvalue weighted by Crippen LogP contribution is -2.28. The second-order valence-electron chi connectivity index (χ2n) is 4.48. The fourth-order valence-electron chi connectivity index (χ4n) is 2.19. The molecule has 1 unspecified atom stereocenters. The SMILES string of the molecule is COc1ccc2c(c1)OC(C1CC1)CC2=O. The Hall–Kier alpha value is -1.51. The summed E-state index contributed by atoms with van der Waals surface area (Å²) in [4.78, 5) is 11.9. The minimum atomic E-state index is 0.0899.